The molecule has 6 heteroatoms. The molecule has 0 aliphatic heterocycles. The van der Waals surface area contributed by atoms with Crippen molar-refractivity contribution in [1.82, 2.24) is 0 Å². The van der Waals surface area contributed by atoms with Crippen molar-refractivity contribution in [1.29, 1.82) is 0 Å². The Morgan fingerprint density at radius 3 is 2.28 bits per heavy atom. The molecule has 2 atom stereocenters. The highest BCUT2D eigenvalue weighted by Gasteiger charge is 2.41. The van der Waals surface area contributed by atoms with E-state index < -0.39 is 15.9 Å². The van der Waals surface area contributed by atoms with Crippen LogP contribution >= 0.6 is 0 Å². The molecule has 1 fully saturated rings. The molecule has 2 unspecified atom stereocenters. The molecule has 0 heterocycles. The molecular formula is C12H14O5S. The summed E-state index contributed by atoms with van der Waals surface area (Å²) in [6.07, 6.45) is 0.673. The first kappa shape index (κ1) is 13.0. The van der Waals surface area contributed by atoms with Crippen molar-refractivity contribution in [3.05, 3.63) is 24.3 Å². The lowest BCUT2D eigenvalue weighted by Gasteiger charge is -2.33. The fourth-order valence-corrected chi connectivity index (χ4v) is 2.43. The molecular weight excluding hydrogens is 256 g/mol. The molecule has 0 aromatic heterocycles. The Bertz CT molecular complexity index is 546. The van der Waals surface area contributed by atoms with Gasteiger partial charge >= 0.3 is 0 Å². The van der Waals surface area contributed by atoms with E-state index in [0.29, 0.717) is 12.2 Å². The van der Waals surface area contributed by atoms with Crippen molar-refractivity contribution in [3.8, 4) is 5.75 Å². The average Bonchev–Trinajstić information content (AvgIpc) is 2.28. The van der Waals surface area contributed by atoms with E-state index >= 15 is 0 Å². The van der Waals surface area contributed by atoms with Gasteiger partial charge in [0.2, 0.25) is 0 Å². The zero-order valence-corrected chi connectivity index (χ0v) is 10.9. The Morgan fingerprint density at radius 2 is 1.83 bits per heavy atom. The summed E-state index contributed by atoms with van der Waals surface area (Å²) in [5, 5.41) is 0. The van der Waals surface area contributed by atoms with Gasteiger partial charge in [-0.05, 0) is 24.3 Å². The van der Waals surface area contributed by atoms with Gasteiger partial charge in [-0.2, -0.15) is 0 Å². The van der Waals surface area contributed by atoms with Gasteiger partial charge in [0.05, 0.1) is 4.90 Å². The van der Waals surface area contributed by atoms with Crippen molar-refractivity contribution in [2.24, 2.45) is 0 Å². The highest BCUT2D eigenvalue weighted by molar-refractivity contribution is 7.90. The summed E-state index contributed by atoms with van der Waals surface area (Å²) in [4.78, 5) is 11.4. The third-order valence-corrected chi connectivity index (χ3v) is 3.98. The summed E-state index contributed by atoms with van der Waals surface area (Å²) in [5.41, 5.74) is 0. The maximum absolute atomic E-state index is 11.3. The van der Waals surface area contributed by atoms with E-state index in [1.54, 1.807) is 12.1 Å². The van der Waals surface area contributed by atoms with Crippen LogP contribution < -0.4 is 4.74 Å². The van der Waals surface area contributed by atoms with Crippen LogP contribution in [0.3, 0.4) is 0 Å². The van der Waals surface area contributed by atoms with Crippen LogP contribution in [0.1, 0.15) is 6.42 Å². The molecule has 0 N–H and O–H groups in total. The first-order chi connectivity index (χ1) is 8.41. The lowest BCUT2D eigenvalue weighted by Crippen LogP contribution is -2.51. The molecule has 1 aromatic rings. The molecule has 0 saturated heterocycles. The van der Waals surface area contributed by atoms with E-state index in [9.17, 15) is 13.2 Å². The van der Waals surface area contributed by atoms with Gasteiger partial charge in [0.25, 0.3) is 0 Å². The smallest absolute Gasteiger partial charge is 0.175 e. The van der Waals surface area contributed by atoms with Crippen LogP contribution in [-0.2, 0) is 19.4 Å². The molecule has 1 saturated carbocycles. The monoisotopic (exact) mass is 270 g/mol. The predicted molar refractivity (Wildman–Crippen MR) is 64.4 cm³/mol. The highest BCUT2D eigenvalue weighted by Crippen LogP contribution is 2.25. The Balaban J connectivity index is 2.06. The number of carbonyl (C=O) groups excluding carboxylic acids is 1. The zero-order chi connectivity index (χ0) is 13.3. The average molecular weight is 270 g/mol. The third-order valence-electron chi connectivity index (χ3n) is 2.85. The Hall–Kier alpha value is -1.40. The third kappa shape index (κ3) is 2.54. The van der Waals surface area contributed by atoms with Crippen LogP contribution in [0, 0.1) is 0 Å². The maximum atomic E-state index is 11.3. The van der Waals surface area contributed by atoms with E-state index in [4.69, 9.17) is 9.47 Å². The topological polar surface area (TPSA) is 69.7 Å². The van der Waals surface area contributed by atoms with Gasteiger partial charge in [-0.15, -0.1) is 0 Å². The van der Waals surface area contributed by atoms with Crippen molar-refractivity contribution in [2.45, 2.75) is 23.5 Å². The van der Waals surface area contributed by atoms with Gasteiger partial charge in [-0.25, -0.2) is 8.42 Å². The van der Waals surface area contributed by atoms with Crippen molar-refractivity contribution < 1.29 is 22.7 Å². The van der Waals surface area contributed by atoms with Crippen LogP contribution in [-0.4, -0.2) is 39.8 Å². The number of sulfone groups is 1. The molecule has 1 aliphatic rings. The minimum absolute atomic E-state index is 0.0234. The first-order valence-electron chi connectivity index (χ1n) is 5.44. The second-order valence-electron chi connectivity index (χ2n) is 4.23. The number of Topliss-reactive ketones (excluding diaryl/α,β-unsaturated/α-hetero) is 1. The fraction of sp³-hybridized carbons (Fsp3) is 0.417. The number of carbonyl (C=O) groups is 1. The number of ether oxygens (including phenoxy) is 2. The van der Waals surface area contributed by atoms with Crippen LogP contribution in [0.25, 0.3) is 0 Å². The quantitative estimate of drug-likeness (QED) is 0.810. The van der Waals surface area contributed by atoms with Gasteiger partial charge in [0.15, 0.2) is 21.7 Å². The molecule has 18 heavy (non-hydrogen) atoms. The summed E-state index contributed by atoms with van der Waals surface area (Å²) in [5.74, 6) is 0.553. The number of methoxy groups -OCH3 is 1. The van der Waals surface area contributed by atoms with Gasteiger partial charge < -0.3 is 9.47 Å². The van der Waals surface area contributed by atoms with E-state index in [1.165, 1.54) is 19.2 Å². The second-order valence-corrected chi connectivity index (χ2v) is 6.24. The Morgan fingerprint density at radius 1 is 1.22 bits per heavy atom. The number of rotatable bonds is 4. The molecule has 2 rings (SSSR count). The van der Waals surface area contributed by atoms with Crippen molar-refractivity contribution >= 4 is 15.6 Å². The maximum Gasteiger partial charge on any atom is 0.175 e. The minimum atomic E-state index is -3.20. The molecule has 0 radical (unpaired) electrons. The molecule has 0 amide bonds. The molecule has 0 bridgehead atoms. The molecule has 1 aliphatic carbocycles. The summed E-state index contributed by atoms with van der Waals surface area (Å²) < 4.78 is 33.1. The molecule has 0 spiro atoms. The van der Waals surface area contributed by atoms with Gasteiger partial charge in [0, 0.05) is 19.8 Å². The van der Waals surface area contributed by atoms with Gasteiger partial charge in [0.1, 0.15) is 11.9 Å². The lowest BCUT2D eigenvalue weighted by molar-refractivity contribution is -0.150. The van der Waals surface area contributed by atoms with E-state index in [-0.39, 0.29) is 16.8 Å². The van der Waals surface area contributed by atoms with E-state index in [1.807, 2.05) is 0 Å². The summed E-state index contributed by atoms with van der Waals surface area (Å²) >= 11 is 0. The number of benzene rings is 1. The van der Waals surface area contributed by atoms with Crippen molar-refractivity contribution in [2.75, 3.05) is 13.4 Å². The van der Waals surface area contributed by atoms with Crippen LogP contribution in [0.15, 0.2) is 29.2 Å². The molecule has 1 aromatic carbocycles. The van der Waals surface area contributed by atoms with Crippen LogP contribution in [0.4, 0.5) is 0 Å². The standard InChI is InChI=1S/C12H14O5S/c1-16-12-10(13)7-11(12)17-8-3-5-9(6-4-8)18(2,14)15/h3-6,11-12H,7H2,1-2H3. The van der Waals surface area contributed by atoms with Crippen molar-refractivity contribution in [3.63, 3.8) is 0 Å². The second kappa shape index (κ2) is 4.70. The fourth-order valence-electron chi connectivity index (χ4n) is 1.80. The number of hydrogen-bond donors (Lipinski definition) is 0. The number of hydrogen-bond acceptors (Lipinski definition) is 5. The lowest BCUT2D eigenvalue weighted by atomic mass is 9.90. The summed E-state index contributed by atoms with van der Waals surface area (Å²) in [6.45, 7) is 0. The van der Waals surface area contributed by atoms with Gasteiger partial charge in [-0.3, -0.25) is 4.79 Å². The van der Waals surface area contributed by atoms with Crippen LogP contribution in [0.5, 0.6) is 5.75 Å². The van der Waals surface area contributed by atoms with Gasteiger partial charge in [-0.1, -0.05) is 0 Å². The minimum Gasteiger partial charge on any atom is -0.487 e. The van der Waals surface area contributed by atoms with E-state index in [2.05, 4.69) is 0 Å². The Labute approximate surface area is 106 Å². The molecule has 98 valence electrons. The number of ketones is 1. The summed E-state index contributed by atoms with van der Waals surface area (Å²) in [6, 6.07) is 6.11. The zero-order valence-electron chi connectivity index (χ0n) is 10.1. The Kier molecular flexibility index (Phi) is 3.41. The predicted octanol–water partition coefficient (Wildman–Crippen LogP) is 0.825. The highest BCUT2D eigenvalue weighted by atomic mass is 32.2. The first-order valence-corrected chi connectivity index (χ1v) is 7.33. The SMILES string of the molecule is COC1C(=O)CC1Oc1ccc(S(C)(=O)=O)cc1. The van der Waals surface area contributed by atoms with E-state index in [0.717, 1.165) is 6.26 Å². The summed E-state index contributed by atoms with van der Waals surface area (Å²) in [7, 11) is -1.74. The van der Waals surface area contributed by atoms with Crippen LogP contribution in [0.2, 0.25) is 0 Å². The molecule has 5 nitrogen and oxygen atoms in total. The normalized spacial score (nSPS) is 23.6. The largest absolute Gasteiger partial charge is 0.487 e.